The zero-order chi connectivity index (χ0) is 12.3. The van der Waals surface area contributed by atoms with Crippen molar-refractivity contribution in [1.82, 2.24) is 0 Å². The Kier molecular flexibility index (Phi) is 4.02. The second kappa shape index (κ2) is 5.52. The number of piperidine rings is 1. The van der Waals surface area contributed by atoms with Crippen LogP contribution < -0.4 is 4.90 Å². The third kappa shape index (κ3) is 2.61. The van der Waals surface area contributed by atoms with E-state index in [0.29, 0.717) is 5.92 Å². The summed E-state index contributed by atoms with van der Waals surface area (Å²) in [5.74, 6) is 0.609. The summed E-state index contributed by atoms with van der Waals surface area (Å²) in [6.07, 6.45) is 1.42. The number of ether oxygens (including phenoxy) is 1. The second-order valence-electron chi connectivity index (χ2n) is 4.77. The lowest BCUT2D eigenvalue weighted by Gasteiger charge is -2.38. The van der Waals surface area contributed by atoms with Crippen molar-refractivity contribution in [3.63, 3.8) is 0 Å². The van der Waals surface area contributed by atoms with Gasteiger partial charge in [-0.05, 0) is 18.4 Å². The maximum atomic E-state index is 9.37. The van der Waals surface area contributed by atoms with Crippen LogP contribution in [0.25, 0.3) is 0 Å². The molecule has 94 valence electrons. The van der Waals surface area contributed by atoms with Gasteiger partial charge in [0.15, 0.2) is 0 Å². The lowest BCUT2D eigenvalue weighted by molar-refractivity contribution is 0.0497. The van der Waals surface area contributed by atoms with Gasteiger partial charge in [-0.25, -0.2) is 0 Å². The van der Waals surface area contributed by atoms with Crippen molar-refractivity contribution in [1.29, 1.82) is 0 Å². The number of para-hydroxylation sites is 1. The van der Waals surface area contributed by atoms with Crippen molar-refractivity contribution in [3.05, 3.63) is 29.8 Å². The molecule has 1 fully saturated rings. The zero-order valence-electron chi connectivity index (χ0n) is 10.6. The summed E-state index contributed by atoms with van der Waals surface area (Å²) in [6, 6.07) is 8.05. The molecule has 1 aliphatic heterocycles. The maximum Gasteiger partial charge on any atom is 0.0772 e. The van der Waals surface area contributed by atoms with E-state index in [-0.39, 0.29) is 12.7 Å². The molecule has 1 aromatic carbocycles. The number of rotatable bonds is 3. The molecular weight excluding hydrogens is 214 g/mol. The fourth-order valence-corrected chi connectivity index (χ4v) is 2.51. The molecule has 0 radical (unpaired) electrons. The molecule has 2 rings (SSSR count). The quantitative estimate of drug-likeness (QED) is 0.870. The van der Waals surface area contributed by atoms with E-state index >= 15 is 0 Å². The van der Waals surface area contributed by atoms with Gasteiger partial charge in [0.05, 0.1) is 12.7 Å². The lowest BCUT2D eigenvalue weighted by atomic mass is 9.95. The molecule has 2 atom stereocenters. The van der Waals surface area contributed by atoms with Crippen LogP contribution in [-0.4, -0.2) is 31.4 Å². The molecule has 3 heteroatoms. The van der Waals surface area contributed by atoms with Crippen LogP contribution in [0.15, 0.2) is 24.3 Å². The van der Waals surface area contributed by atoms with Gasteiger partial charge in [0, 0.05) is 31.5 Å². The molecule has 0 bridgehead atoms. The Hall–Kier alpha value is -1.06. The summed E-state index contributed by atoms with van der Waals surface area (Å²) in [5, 5.41) is 9.37. The van der Waals surface area contributed by atoms with E-state index < -0.39 is 0 Å². The van der Waals surface area contributed by atoms with Crippen LogP contribution in [0.4, 0.5) is 5.69 Å². The molecule has 0 amide bonds. The average molecular weight is 235 g/mol. The molecule has 0 saturated carbocycles. The minimum absolute atomic E-state index is 0.0971. The van der Waals surface area contributed by atoms with Gasteiger partial charge in [0.1, 0.15) is 0 Å². The molecule has 3 nitrogen and oxygen atoms in total. The van der Waals surface area contributed by atoms with Crippen LogP contribution in [-0.2, 0) is 11.3 Å². The third-order valence-corrected chi connectivity index (χ3v) is 3.69. The van der Waals surface area contributed by atoms with Gasteiger partial charge in [-0.3, -0.25) is 0 Å². The highest BCUT2D eigenvalue weighted by molar-refractivity contribution is 5.53. The van der Waals surface area contributed by atoms with Crippen molar-refractivity contribution in [2.45, 2.75) is 26.1 Å². The first kappa shape index (κ1) is 12.4. The first-order valence-electron chi connectivity index (χ1n) is 6.22. The second-order valence-corrected chi connectivity index (χ2v) is 4.77. The van der Waals surface area contributed by atoms with Crippen molar-refractivity contribution >= 4 is 5.69 Å². The van der Waals surface area contributed by atoms with Gasteiger partial charge in [-0.1, -0.05) is 25.1 Å². The van der Waals surface area contributed by atoms with Crippen LogP contribution in [0, 0.1) is 5.92 Å². The molecule has 1 aromatic rings. The van der Waals surface area contributed by atoms with E-state index in [1.807, 2.05) is 18.2 Å². The van der Waals surface area contributed by atoms with Gasteiger partial charge < -0.3 is 14.7 Å². The van der Waals surface area contributed by atoms with E-state index in [1.165, 1.54) is 0 Å². The van der Waals surface area contributed by atoms with Gasteiger partial charge in [0.25, 0.3) is 0 Å². The largest absolute Gasteiger partial charge is 0.392 e. The number of hydrogen-bond acceptors (Lipinski definition) is 3. The van der Waals surface area contributed by atoms with E-state index in [9.17, 15) is 5.11 Å². The SMILES string of the molecule is COC1CN(c2ccccc2CO)CCC1C. The van der Waals surface area contributed by atoms with E-state index in [4.69, 9.17) is 4.74 Å². The van der Waals surface area contributed by atoms with E-state index in [0.717, 1.165) is 30.8 Å². The summed E-state index contributed by atoms with van der Waals surface area (Å²) in [5.41, 5.74) is 2.14. The fourth-order valence-electron chi connectivity index (χ4n) is 2.51. The Bertz CT molecular complexity index is 367. The van der Waals surface area contributed by atoms with Gasteiger partial charge in [-0.15, -0.1) is 0 Å². The molecule has 2 unspecified atom stereocenters. The van der Waals surface area contributed by atoms with Crippen molar-refractivity contribution in [2.75, 3.05) is 25.1 Å². The Morgan fingerprint density at radius 3 is 2.88 bits per heavy atom. The summed E-state index contributed by atoms with van der Waals surface area (Å²) in [7, 11) is 1.78. The Balaban J connectivity index is 2.17. The molecule has 1 heterocycles. The average Bonchev–Trinajstić information content (AvgIpc) is 2.39. The number of anilines is 1. The normalized spacial score (nSPS) is 25.0. The first-order chi connectivity index (χ1) is 8.26. The summed E-state index contributed by atoms with van der Waals surface area (Å²) < 4.78 is 5.52. The monoisotopic (exact) mass is 235 g/mol. The number of hydrogen-bond donors (Lipinski definition) is 1. The number of aliphatic hydroxyl groups excluding tert-OH is 1. The zero-order valence-corrected chi connectivity index (χ0v) is 10.6. The minimum Gasteiger partial charge on any atom is -0.392 e. The molecule has 1 saturated heterocycles. The van der Waals surface area contributed by atoms with Crippen LogP contribution in [0.2, 0.25) is 0 Å². The van der Waals surface area contributed by atoms with Crippen LogP contribution in [0.1, 0.15) is 18.9 Å². The number of nitrogens with zero attached hydrogens (tertiary/aromatic N) is 1. The molecule has 17 heavy (non-hydrogen) atoms. The molecule has 0 aromatic heterocycles. The maximum absolute atomic E-state index is 9.37. The highest BCUT2D eigenvalue weighted by atomic mass is 16.5. The summed E-state index contributed by atoms with van der Waals surface area (Å²) in [6.45, 7) is 4.29. The van der Waals surface area contributed by atoms with Crippen LogP contribution >= 0.6 is 0 Å². The third-order valence-electron chi connectivity index (χ3n) is 3.69. The van der Waals surface area contributed by atoms with Gasteiger partial charge in [0.2, 0.25) is 0 Å². The van der Waals surface area contributed by atoms with E-state index in [1.54, 1.807) is 7.11 Å². The lowest BCUT2D eigenvalue weighted by Crippen LogP contribution is -2.44. The van der Waals surface area contributed by atoms with Gasteiger partial charge in [-0.2, -0.15) is 0 Å². The highest BCUT2D eigenvalue weighted by Gasteiger charge is 2.26. The first-order valence-corrected chi connectivity index (χ1v) is 6.22. The Labute approximate surface area is 103 Å². The standard InChI is InChI=1S/C14H21NO2/c1-11-7-8-15(9-14(11)17-2)13-6-4-3-5-12(13)10-16/h3-6,11,14,16H,7-10H2,1-2H3. The summed E-state index contributed by atoms with van der Waals surface area (Å²) >= 11 is 0. The Morgan fingerprint density at radius 2 is 2.18 bits per heavy atom. The van der Waals surface area contributed by atoms with E-state index in [2.05, 4.69) is 17.9 Å². The number of benzene rings is 1. The van der Waals surface area contributed by atoms with Crippen LogP contribution in [0.5, 0.6) is 0 Å². The Morgan fingerprint density at radius 1 is 1.41 bits per heavy atom. The topological polar surface area (TPSA) is 32.7 Å². The molecule has 1 aliphatic rings. The van der Waals surface area contributed by atoms with Crippen molar-refractivity contribution < 1.29 is 9.84 Å². The predicted molar refractivity (Wildman–Crippen MR) is 69.2 cm³/mol. The highest BCUT2D eigenvalue weighted by Crippen LogP contribution is 2.27. The number of aliphatic hydroxyl groups is 1. The smallest absolute Gasteiger partial charge is 0.0772 e. The molecular formula is C14H21NO2. The fraction of sp³-hybridized carbons (Fsp3) is 0.571. The molecule has 0 spiro atoms. The van der Waals surface area contributed by atoms with Crippen molar-refractivity contribution in [3.8, 4) is 0 Å². The number of methoxy groups -OCH3 is 1. The molecule has 1 N–H and O–H groups in total. The predicted octanol–water partition coefficient (Wildman–Crippen LogP) is 2.04. The molecule has 0 aliphatic carbocycles. The van der Waals surface area contributed by atoms with Gasteiger partial charge >= 0.3 is 0 Å². The summed E-state index contributed by atoms with van der Waals surface area (Å²) in [4.78, 5) is 2.32. The van der Waals surface area contributed by atoms with Crippen molar-refractivity contribution in [2.24, 2.45) is 5.92 Å². The van der Waals surface area contributed by atoms with Crippen LogP contribution in [0.3, 0.4) is 0 Å². The minimum atomic E-state index is 0.0971.